The number of hydrogen-bond donors (Lipinski definition) is 1. The number of morpholine rings is 1. The normalized spacial score (nSPS) is 20.6. The zero-order chi connectivity index (χ0) is 15.5. The lowest BCUT2D eigenvalue weighted by molar-refractivity contribution is -0.182. The molecule has 1 aliphatic heterocycles. The van der Waals surface area contributed by atoms with Crippen molar-refractivity contribution in [1.29, 1.82) is 0 Å². The fraction of sp³-hybridized carbons (Fsp3) is 0.556. The highest BCUT2D eigenvalue weighted by Crippen LogP contribution is 2.29. The van der Waals surface area contributed by atoms with E-state index >= 15 is 0 Å². The van der Waals surface area contributed by atoms with Gasteiger partial charge in [-0.15, -0.1) is 0 Å². The Balaban J connectivity index is 2.18. The van der Waals surface area contributed by atoms with Crippen molar-refractivity contribution < 1.29 is 9.84 Å². The largest absolute Gasteiger partial charge is 0.384 e. The average molecular weight is 287 g/mol. The Bertz CT molecular complexity index is 536. The fourth-order valence-electron chi connectivity index (χ4n) is 3.21. The van der Waals surface area contributed by atoms with Gasteiger partial charge in [0.1, 0.15) is 6.61 Å². The van der Waals surface area contributed by atoms with E-state index in [1.54, 1.807) is 0 Å². The number of rotatable bonds is 2. The minimum Gasteiger partial charge on any atom is -0.384 e. The van der Waals surface area contributed by atoms with E-state index in [1.165, 1.54) is 5.56 Å². The lowest BCUT2D eigenvalue weighted by atomic mass is 9.97. The van der Waals surface area contributed by atoms with Gasteiger partial charge in [0.2, 0.25) is 0 Å². The van der Waals surface area contributed by atoms with E-state index in [9.17, 15) is 0 Å². The smallest absolute Gasteiger partial charge is 0.104 e. The number of nitrogens with zero attached hydrogens (tertiary/aromatic N) is 1. The van der Waals surface area contributed by atoms with Gasteiger partial charge in [-0.1, -0.05) is 30.0 Å². The molecule has 3 heteroatoms. The van der Waals surface area contributed by atoms with Crippen LogP contribution in [0, 0.1) is 11.8 Å². The molecule has 1 saturated heterocycles. The molecule has 0 radical (unpaired) electrons. The number of benzene rings is 1. The Morgan fingerprint density at radius 2 is 1.76 bits per heavy atom. The van der Waals surface area contributed by atoms with Gasteiger partial charge in [-0.05, 0) is 39.3 Å². The summed E-state index contributed by atoms with van der Waals surface area (Å²) >= 11 is 0. The van der Waals surface area contributed by atoms with E-state index in [2.05, 4.69) is 50.5 Å². The Labute approximate surface area is 127 Å². The van der Waals surface area contributed by atoms with Crippen molar-refractivity contribution in [2.45, 2.75) is 45.4 Å². The molecule has 0 aromatic heterocycles. The molecule has 114 valence electrons. The minimum atomic E-state index is -0.145. The number of ether oxygens (including phenoxy) is 1. The van der Waals surface area contributed by atoms with Gasteiger partial charge in [0.15, 0.2) is 0 Å². The monoisotopic (exact) mass is 287 g/mol. The zero-order valence-corrected chi connectivity index (χ0v) is 13.4. The van der Waals surface area contributed by atoms with Gasteiger partial charge < -0.3 is 9.84 Å². The van der Waals surface area contributed by atoms with Crippen LogP contribution in [0.5, 0.6) is 0 Å². The molecular weight excluding hydrogens is 262 g/mol. The first kappa shape index (κ1) is 16.0. The van der Waals surface area contributed by atoms with Crippen LogP contribution in [0.4, 0.5) is 0 Å². The standard InChI is InChI=1S/C18H25NO2/c1-17(2)13-19(14-18(3,4)21-17)12-16-9-6-5-8-15(16)10-7-11-20/h5-6,8-9,20H,11-14H2,1-4H3. The van der Waals surface area contributed by atoms with Crippen molar-refractivity contribution in [2.24, 2.45) is 0 Å². The third kappa shape index (κ3) is 4.57. The summed E-state index contributed by atoms with van der Waals surface area (Å²) in [5, 5.41) is 8.88. The molecule has 1 N–H and O–H groups in total. The minimum absolute atomic E-state index is 0.105. The summed E-state index contributed by atoms with van der Waals surface area (Å²) in [5.41, 5.74) is 1.90. The topological polar surface area (TPSA) is 32.7 Å². The molecule has 0 saturated carbocycles. The predicted molar refractivity (Wildman–Crippen MR) is 84.9 cm³/mol. The second-order valence-electron chi connectivity index (χ2n) is 6.88. The van der Waals surface area contributed by atoms with Crippen LogP contribution in [-0.4, -0.2) is 40.9 Å². The van der Waals surface area contributed by atoms with E-state index < -0.39 is 0 Å². The van der Waals surface area contributed by atoms with Crippen molar-refractivity contribution >= 4 is 0 Å². The Morgan fingerprint density at radius 1 is 1.14 bits per heavy atom. The number of aliphatic hydroxyl groups excluding tert-OH is 1. The van der Waals surface area contributed by atoms with Crippen molar-refractivity contribution in [3.8, 4) is 11.8 Å². The Kier molecular flexibility index (Phi) is 4.73. The molecule has 1 fully saturated rings. The second kappa shape index (κ2) is 6.19. The van der Waals surface area contributed by atoms with Crippen LogP contribution in [0.15, 0.2) is 24.3 Å². The van der Waals surface area contributed by atoms with Gasteiger partial charge in [0.25, 0.3) is 0 Å². The summed E-state index contributed by atoms with van der Waals surface area (Å²) in [7, 11) is 0. The maximum Gasteiger partial charge on any atom is 0.104 e. The van der Waals surface area contributed by atoms with E-state index in [-0.39, 0.29) is 17.8 Å². The summed E-state index contributed by atoms with van der Waals surface area (Å²) in [6.45, 7) is 11.1. The maximum atomic E-state index is 8.88. The number of aliphatic hydroxyl groups is 1. The molecule has 0 atom stereocenters. The molecule has 1 heterocycles. The molecule has 0 unspecified atom stereocenters. The van der Waals surface area contributed by atoms with Gasteiger partial charge in [-0.2, -0.15) is 0 Å². The highest BCUT2D eigenvalue weighted by atomic mass is 16.5. The molecule has 0 spiro atoms. The lowest BCUT2D eigenvalue weighted by Crippen LogP contribution is -2.56. The van der Waals surface area contributed by atoms with Gasteiger partial charge in [0.05, 0.1) is 11.2 Å². The van der Waals surface area contributed by atoms with Gasteiger partial charge >= 0.3 is 0 Å². The van der Waals surface area contributed by atoms with Crippen LogP contribution in [0.3, 0.4) is 0 Å². The Morgan fingerprint density at radius 3 is 2.38 bits per heavy atom. The predicted octanol–water partition coefficient (Wildman–Crippen LogP) is 2.42. The fourth-order valence-corrected chi connectivity index (χ4v) is 3.21. The third-order valence-electron chi connectivity index (χ3n) is 3.47. The third-order valence-corrected chi connectivity index (χ3v) is 3.47. The first-order valence-electron chi connectivity index (χ1n) is 7.41. The molecule has 0 amide bonds. The van der Waals surface area contributed by atoms with Gasteiger partial charge in [-0.3, -0.25) is 4.90 Å². The lowest BCUT2D eigenvalue weighted by Gasteiger charge is -2.47. The van der Waals surface area contributed by atoms with Crippen LogP contribution in [0.1, 0.15) is 38.8 Å². The average Bonchev–Trinajstić information content (AvgIpc) is 2.34. The summed E-state index contributed by atoms with van der Waals surface area (Å²) < 4.78 is 6.12. The highest BCUT2D eigenvalue weighted by Gasteiger charge is 2.37. The van der Waals surface area contributed by atoms with Crippen LogP contribution in [-0.2, 0) is 11.3 Å². The molecule has 1 aromatic rings. The molecule has 3 nitrogen and oxygen atoms in total. The molecule has 1 aromatic carbocycles. The Hall–Kier alpha value is -1.34. The maximum absolute atomic E-state index is 8.88. The van der Waals surface area contributed by atoms with Crippen molar-refractivity contribution in [3.63, 3.8) is 0 Å². The quantitative estimate of drug-likeness (QED) is 0.848. The molecule has 2 rings (SSSR count). The molecular formula is C18H25NO2. The van der Waals surface area contributed by atoms with Crippen molar-refractivity contribution in [2.75, 3.05) is 19.7 Å². The van der Waals surface area contributed by atoms with E-state index in [4.69, 9.17) is 9.84 Å². The van der Waals surface area contributed by atoms with Crippen LogP contribution in [0.25, 0.3) is 0 Å². The number of hydrogen-bond acceptors (Lipinski definition) is 3. The summed E-state index contributed by atoms with van der Waals surface area (Å²) in [6, 6.07) is 8.14. The SMILES string of the molecule is CC1(C)CN(Cc2ccccc2C#CCO)CC(C)(C)O1. The van der Waals surface area contributed by atoms with Crippen LogP contribution < -0.4 is 0 Å². The second-order valence-corrected chi connectivity index (χ2v) is 6.88. The molecule has 1 aliphatic rings. The van der Waals surface area contributed by atoms with E-state index in [0.29, 0.717) is 0 Å². The van der Waals surface area contributed by atoms with Gasteiger partial charge in [-0.25, -0.2) is 0 Å². The van der Waals surface area contributed by atoms with Crippen LogP contribution >= 0.6 is 0 Å². The first-order valence-corrected chi connectivity index (χ1v) is 7.41. The molecule has 0 aliphatic carbocycles. The summed E-state index contributed by atoms with van der Waals surface area (Å²) in [5.74, 6) is 5.77. The zero-order valence-electron chi connectivity index (χ0n) is 13.4. The van der Waals surface area contributed by atoms with Crippen molar-refractivity contribution in [3.05, 3.63) is 35.4 Å². The van der Waals surface area contributed by atoms with E-state index in [1.807, 2.05) is 18.2 Å². The first-order chi connectivity index (χ1) is 9.81. The van der Waals surface area contributed by atoms with Crippen LogP contribution in [0.2, 0.25) is 0 Å². The van der Waals surface area contributed by atoms with Gasteiger partial charge in [0, 0.05) is 25.2 Å². The van der Waals surface area contributed by atoms with Crippen molar-refractivity contribution in [1.82, 2.24) is 4.90 Å². The summed E-state index contributed by atoms with van der Waals surface area (Å²) in [4.78, 5) is 2.42. The molecule has 21 heavy (non-hydrogen) atoms. The summed E-state index contributed by atoms with van der Waals surface area (Å²) in [6.07, 6.45) is 0. The van der Waals surface area contributed by atoms with E-state index in [0.717, 1.165) is 25.2 Å². The molecule has 0 bridgehead atoms. The highest BCUT2D eigenvalue weighted by molar-refractivity contribution is 5.41.